The molecule has 0 N–H and O–H groups in total. The van der Waals surface area contributed by atoms with E-state index in [1.807, 2.05) is 41.0 Å². The molecule has 0 amide bonds. The summed E-state index contributed by atoms with van der Waals surface area (Å²) in [6.07, 6.45) is 1.04. The molecule has 2 bridgehead atoms. The summed E-state index contributed by atoms with van der Waals surface area (Å²) >= 11 is 3.40. The molecule has 152 valence electrons. The minimum Gasteiger partial charge on any atom is -0.484 e. The van der Waals surface area contributed by atoms with Crippen LogP contribution >= 0.6 is 15.9 Å². The first-order valence-corrected chi connectivity index (χ1v) is 10.6. The minimum absolute atomic E-state index is 0.0559. The maximum atomic E-state index is 12.2. The van der Waals surface area contributed by atoms with Crippen molar-refractivity contribution in [2.75, 3.05) is 18.0 Å². The number of nitrogens with zero attached hydrogens (tertiary/aromatic N) is 4. The molecule has 5 rings (SSSR count). The van der Waals surface area contributed by atoms with E-state index < -0.39 is 0 Å². The number of anilines is 1. The number of benzene rings is 1. The van der Waals surface area contributed by atoms with Crippen molar-refractivity contribution in [1.82, 2.24) is 9.55 Å². The number of rotatable bonds is 4. The molecular weight excluding hydrogens is 448 g/mol. The van der Waals surface area contributed by atoms with Gasteiger partial charge in [-0.2, -0.15) is 10.2 Å². The van der Waals surface area contributed by atoms with Gasteiger partial charge in [0.1, 0.15) is 11.8 Å². The maximum absolute atomic E-state index is 12.2. The topological polar surface area (TPSA) is 84.3 Å². The van der Waals surface area contributed by atoms with Gasteiger partial charge in [-0.05, 0) is 42.7 Å². The van der Waals surface area contributed by atoms with Gasteiger partial charge in [-0.15, -0.1) is 0 Å². The number of hydrogen-bond donors (Lipinski definition) is 0. The Morgan fingerprint density at radius 2 is 2.03 bits per heavy atom. The van der Waals surface area contributed by atoms with E-state index in [1.54, 1.807) is 6.07 Å². The molecule has 1 saturated heterocycles. The van der Waals surface area contributed by atoms with Gasteiger partial charge in [0.05, 0.1) is 0 Å². The molecule has 2 aliphatic rings. The molecule has 4 heterocycles. The summed E-state index contributed by atoms with van der Waals surface area (Å²) in [7, 11) is 0. The van der Waals surface area contributed by atoms with Gasteiger partial charge in [0, 0.05) is 41.8 Å². The van der Waals surface area contributed by atoms with Gasteiger partial charge in [-0.1, -0.05) is 22.0 Å². The zero-order valence-electron chi connectivity index (χ0n) is 16.1. The summed E-state index contributed by atoms with van der Waals surface area (Å²) in [5.41, 5.74) is 1.38. The molecule has 1 aromatic carbocycles. The highest BCUT2D eigenvalue weighted by Gasteiger charge is 2.36. The summed E-state index contributed by atoms with van der Waals surface area (Å²) in [5, 5.41) is 9.58. The molecule has 0 radical (unpaired) electrons. The van der Waals surface area contributed by atoms with E-state index >= 15 is 0 Å². The van der Waals surface area contributed by atoms with Crippen LogP contribution in [0.15, 0.2) is 56.1 Å². The predicted molar refractivity (Wildman–Crippen MR) is 113 cm³/mol. The molecule has 2 atom stereocenters. The van der Waals surface area contributed by atoms with Crippen molar-refractivity contribution in [3.05, 3.63) is 74.6 Å². The molecule has 0 saturated carbocycles. The first kappa shape index (κ1) is 18.9. The molecule has 0 unspecified atom stereocenters. The SMILES string of the molecule is N#Cc1nc(COc2ccc(Br)cc2)oc1N1C[C@@H]2C[C@H](C1)c1cccc(=O)n1C2. The Kier molecular flexibility index (Phi) is 4.83. The lowest BCUT2D eigenvalue weighted by Crippen LogP contribution is -2.47. The molecule has 30 heavy (non-hydrogen) atoms. The number of ether oxygens (including phenoxy) is 1. The van der Waals surface area contributed by atoms with Crippen LogP contribution in [0.1, 0.15) is 29.6 Å². The van der Waals surface area contributed by atoms with Crippen LogP contribution in [-0.4, -0.2) is 22.6 Å². The van der Waals surface area contributed by atoms with Crippen LogP contribution in [-0.2, 0) is 13.2 Å². The third-order valence-electron chi connectivity index (χ3n) is 5.70. The zero-order chi connectivity index (χ0) is 20.7. The summed E-state index contributed by atoms with van der Waals surface area (Å²) in [6.45, 7) is 2.26. The Morgan fingerprint density at radius 3 is 2.83 bits per heavy atom. The highest BCUT2D eigenvalue weighted by molar-refractivity contribution is 9.10. The van der Waals surface area contributed by atoms with E-state index in [9.17, 15) is 10.1 Å². The molecule has 3 aromatic rings. The lowest BCUT2D eigenvalue weighted by molar-refractivity contribution is 0.254. The summed E-state index contributed by atoms with van der Waals surface area (Å²) in [6, 6.07) is 15.1. The van der Waals surface area contributed by atoms with Gasteiger partial charge in [-0.25, -0.2) is 0 Å². The molecular formula is C22H19BrN4O3. The van der Waals surface area contributed by atoms with Gasteiger partial charge >= 0.3 is 0 Å². The number of pyridine rings is 1. The fourth-order valence-electron chi connectivity index (χ4n) is 4.44. The first-order chi connectivity index (χ1) is 14.6. The number of aromatic nitrogens is 2. The van der Waals surface area contributed by atoms with E-state index in [0.717, 1.165) is 23.1 Å². The average Bonchev–Trinajstić information content (AvgIpc) is 3.17. The average molecular weight is 467 g/mol. The van der Waals surface area contributed by atoms with Gasteiger partial charge in [0.2, 0.25) is 17.5 Å². The second-order valence-electron chi connectivity index (χ2n) is 7.72. The third-order valence-corrected chi connectivity index (χ3v) is 6.23. The molecule has 7 nitrogen and oxygen atoms in total. The van der Waals surface area contributed by atoms with Crippen LogP contribution in [0.4, 0.5) is 5.88 Å². The number of halogens is 1. The van der Waals surface area contributed by atoms with Crippen LogP contribution in [0.2, 0.25) is 0 Å². The van der Waals surface area contributed by atoms with Crippen molar-refractivity contribution in [2.45, 2.75) is 25.5 Å². The maximum Gasteiger partial charge on any atom is 0.250 e. The number of oxazole rings is 1. The number of piperidine rings is 1. The zero-order valence-corrected chi connectivity index (χ0v) is 17.7. The Labute approximate surface area is 181 Å². The lowest BCUT2D eigenvalue weighted by Gasteiger charge is -2.42. The molecule has 2 aliphatic heterocycles. The molecule has 0 aliphatic carbocycles. The lowest BCUT2D eigenvalue weighted by atomic mass is 9.83. The number of hydrogen-bond acceptors (Lipinski definition) is 6. The van der Waals surface area contributed by atoms with Crippen molar-refractivity contribution >= 4 is 21.8 Å². The van der Waals surface area contributed by atoms with Crippen LogP contribution in [0.5, 0.6) is 5.75 Å². The van der Waals surface area contributed by atoms with Crippen molar-refractivity contribution in [1.29, 1.82) is 5.26 Å². The minimum atomic E-state index is 0.0559. The van der Waals surface area contributed by atoms with Crippen molar-refractivity contribution in [3.8, 4) is 11.8 Å². The predicted octanol–water partition coefficient (Wildman–Crippen LogP) is 3.67. The van der Waals surface area contributed by atoms with Gasteiger partial charge < -0.3 is 18.6 Å². The van der Waals surface area contributed by atoms with Crippen LogP contribution in [0, 0.1) is 17.2 Å². The first-order valence-electron chi connectivity index (χ1n) is 9.83. The van der Waals surface area contributed by atoms with Crippen LogP contribution in [0.25, 0.3) is 0 Å². The van der Waals surface area contributed by atoms with Crippen LogP contribution < -0.4 is 15.2 Å². The van der Waals surface area contributed by atoms with E-state index in [2.05, 4.69) is 31.9 Å². The summed E-state index contributed by atoms with van der Waals surface area (Å²) in [5.74, 6) is 2.12. The van der Waals surface area contributed by atoms with E-state index in [0.29, 0.717) is 36.5 Å². The van der Waals surface area contributed by atoms with Gasteiger partial charge in [0.15, 0.2) is 6.61 Å². The Morgan fingerprint density at radius 1 is 1.20 bits per heavy atom. The summed E-state index contributed by atoms with van der Waals surface area (Å²) in [4.78, 5) is 18.6. The standard InChI is InChI=1S/C22H19BrN4O3/c23-16-4-6-17(7-5-16)29-13-20-25-18(9-24)22(30-20)26-10-14-8-15(12-26)19-2-1-3-21(28)27(19)11-14/h1-7,14-15H,8,10-13H2/t14-,15+/m0/s1. The number of fused-ring (bicyclic) bond motifs is 4. The van der Waals surface area contributed by atoms with Gasteiger partial charge in [0.25, 0.3) is 5.56 Å². The highest BCUT2D eigenvalue weighted by Crippen LogP contribution is 2.38. The van der Waals surface area contributed by atoms with Crippen molar-refractivity contribution in [3.63, 3.8) is 0 Å². The van der Waals surface area contributed by atoms with Crippen molar-refractivity contribution in [2.24, 2.45) is 5.92 Å². The van der Waals surface area contributed by atoms with E-state index in [4.69, 9.17) is 9.15 Å². The van der Waals surface area contributed by atoms with E-state index in [1.165, 1.54) is 0 Å². The Hall–Kier alpha value is -3.05. The monoisotopic (exact) mass is 466 g/mol. The quantitative estimate of drug-likeness (QED) is 0.582. The third kappa shape index (κ3) is 3.50. The largest absolute Gasteiger partial charge is 0.484 e. The van der Waals surface area contributed by atoms with Crippen molar-refractivity contribution < 1.29 is 9.15 Å². The molecule has 8 heteroatoms. The molecule has 0 spiro atoms. The normalized spacial score (nSPS) is 19.8. The molecule has 2 aromatic heterocycles. The highest BCUT2D eigenvalue weighted by atomic mass is 79.9. The smallest absolute Gasteiger partial charge is 0.250 e. The fraction of sp³-hybridized carbons (Fsp3) is 0.318. The summed E-state index contributed by atoms with van der Waals surface area (Å²) < 4.78 is 14.6. The van der Waals surface area contributed by atoms with E-state index in [-0.39, 0.29) is 23.8 Å². The Balaban J connectivity index is 1.36. The fourth-order valence-corrected chi connectivity index (χ4v) is 4.71. The Bertz CT molecular complexity index is 1180. The molecule has 1 fully saturated rings. The van der Waals surface area contributed by atoms with Crippen LogP contribution in [0.3, 0.4) is 0 Å². The second-order valence-corrected chi connectivity index (χ2v) is 8.63. The van der Waals surface area contributed by atoms with Gasteiger partial charge in [-0.3, -0.25) is 4.79 Å². The second kappa shape index (κ2) is 7.65. The number of nitriles is 1.